The van der Waals surface area contributed by atoms with E-state index in [-0.39, 0.29) is 17.7 Å². The number of anilines is 4. The van der Waals surface area contributed by atoms with Crippen LogP contribution in [0.2, 0.25) is 0 Å². The number of esters is 1. The standard InChI is InChI=1S/C20H25N5O3/c1-3-28-20(27)15-8-10-25(11-9-15)19-17(21)18(22-12-23-19)24-16-6-4-14(5-7-16)13(2)26/h4-7,12,15H,3,8-11,21H2,1-2H3,(H,22,23,24). The third-order valence-corrected chi connectivity index (χ3v) is 4.83. The number of hydrogen-bond donors (Lipinski definition) is 2. The van der Waals surface area contributed by atoms with Gasteiger partial charge in [0.05, 0.1) is 12.5 Å². The predicted molar refractivity (Wildman–Crippen MR) is 108 cm³/mol. The molecule has 1 saturated heterocycles. The number of piperidine rings is 1. The lowest BCUT2D eigenvalue weighted by Gasteiger charge is -2.32. The molecule has 8 heteroatoms. The Kier molecular flexibility index (Phi) is 6.08. The highest BCUT2D eigenvalue weighted by molar-refractivity contribution is 5.94. The maximum atomic E-state index is 11.9. The second kappa shape index (κ2) is 8.69. The van der Waals surface area contributed by atoms with E-state index >= 15 is 0 Å². The van der Waals surface area contributed by atoms with Crippen molar-refractivity contribution in [3.8, 4) is 0 Å². The van der Waals surface area contributed by atoms with Crippen molar-refractivity contribution in [3.05, 3.63) is 36.2 Å². The van der Waals surface area contributed by atoms with Gasteiger partial charge in [-0.3, -0.25) is 9.59 Å². The molecule has 1 aliphatic rings. The highest BCUT2D eigenvalue weighted by Gasteiger charge is 2.27. The fourth-order valence-electron chi connectivity index (χ4n) is 3.25. The Morgan fingerprint density at radius 3 is 2.50 bits per heavy atom. The fraction of sp³-hybridized carbons (Fsp3) is 0.400. The van der Waals surface area contributed by atoms with Crippen LogP contribution in [0, 0.1) is 5.92 Å². The van der Waals surface area contributed by atoms with Gasteiger partial charge < -0.3 is 20.7 Å². The van der Waals surface area contributed by atoms with E-state index in [0.29, 0.717) is 55.4 Å². The summed E-state index contributed by atoms with van der Waals surface area (Å²) in [7, 11) is 0. The smallest absolute Gasteiger partial charge is 0.309 e. The summed E-state index contributed by atoms with van der Waals surface area (Å²) in [6.07, 6.45) is 2.88. The number of nitrogens with one attached hydrogen (secondary N) is 1. The molecule has 1 aliphatic heterocycles. The average molecular weight is 383 g/mol. The van der Waals surface area contributed by atoms with Gasteiger partial charge in [0.2, 0.25) is 0 Å². The molecule has 8 nitrogen and oxygen atoms in total. The van der Waals surface area contributed by atoms with Gasteiger partial charge >= 0.3 is 5.97 Å². The normalized spacial score (nSPS) is 14.6. The number of benzene rings is 1. The Morgan fingerprint density at radius 2 is 1.89 bits per heavy atom. The van der Waals surface area contributed by atoms with E-state index in [0.717, 1.165) is 5.69 Å². The lowest BCUT2D eigenvalue weighted by molar-refractivity contribution is -0.148. The molecule has 148 valence electrons. The van der Waals surface area contributed by atoms with Gasteiger partial charge in [-0.2, -0.15) is 0 Å². The van der Waals surface area contributed by atoms with Crippen LogP contribution in [-0.2, 0) is 9.53 Å². The number of aromatic nitrogens is 2. The van der Waals surface area contributed by atoms with Crippen molar-refractivity contribution in [2.75, 3.05) is 35.6 Å². The molecular weight excluding hydrogens is 358 g/mol. The zero-order valence-corrected chi connectivity index (χ0v) is 16.1. The molecule has 2 heterocycles. The number of nitrogens with two attached hydrogens (primary N) is 1. The van der Waals surface area contributed by atoms with Crippen molar-refractivity contribution in [1.82, 2.24) is 9.97 Å². The molecule has 0 atom stereocenters. The van der Waals surface area contributed by atoms with Crippen LogP contribution in [0.5, 0.6) is 0 Å². The molecule has 0 aliphatic carbocycles. The van der Waals surface area contributed by atoms with Crippen LogP contribution in [0.1, 0.15) is 37.0 Å². The van der Waals surface area contributed by atoms with Crippen LogP contribution >= 0.6 is 0 Å². The van der Waals surface area contributed by atoms with Crippen LogP contribution in [0.3, 0.4) is 0 Å². The van der Waals surface area contributed by atoms with Crippen LogP contribution in [-0.4, -0.2) is 41.4 Å². The summed E-state index contributed by atoms with van der Waals surface area (Å²) in [6.45, 7) is 5.11. The molecular formula is C20H25N5O3. The van der Waals surface area contributed by atoms with E-state index in [1.54, 1.807) is 12.1 Å². The van der Waals surface area contributed by atoms with E-state index in [1.807, 2.05) is 19.1 Å². The number of ether oxygens (including phenoxy) is 1. The molecule has 0 bridgehead atoms. The summed E-state index contributed by atoms with van der Waals surface area (Å²) in [6, 6.07) is 7.12. The number of Topliss-reactive ketones (excluding diaryl/α,β-unsaturated/α-hetero) is 1. The Morgan fingerprint density at radius 1 is 1.21 bits per heavy atom. The predicted octanol–water partition coefficient (Wildman–Crippen LogP) is 2.78. The fourth-order valence-corrected chi connectivity index (χ4v) is 3.25. The highest BCUT2D eigenvalue weighted by Crippen LogP contribution is 2.31. The first-order chi connectivity index (χ1) is 13.5. The first-order valence-corrected chi connectivity index (χ1v) is 9.39. The molecule has 3 N–H and O–H groups in total. The van der Waals surface area contributed by atoms with Gasteiger partial charge in [0, 0.05) is 24.3 Å². The summed E-state index contributed by atoms with van der Waals surface area (Å²) in [5, 5.41) is 3.17. The number of nitrogen functional groups attached to an aromatic ring is 1. The monoisotopic (exact) mass is 383 g/mol. The lowest BCUT2D eigenvalue weighted by Crippen LogP contribution is -2.37. The summed E-state index contributed by atoms with van der Waals surface area (Å²) < 4.78 is 5.12. The first kappa shape index (κ1) is 19.6. The van der Waals surface area contributed by atoms with Gasteiger partial charge in [-0.05, 0) is 51.0 Å². The Labute approximate surface area is 164 Å². The van der Waals surface area contributed by atoms with Gasteiger partial charge in [0.25, 0.3) is 0 Å². The van der Waals surface area contributed by atoms with Crippen molar-refractivity contribution < 1.29 is 14.3 Å². The summed E-state index contributed by atoms with van der Waals surface area (Å²) >= 11 is 0. The number of carbonyl (C=O) groups is 2. The molecule has 0 radical (unpaired) electrons. The second-order valence-electron chi connectivity index (χ2n) is 6.73. The Balaban J connectivity index is 1.69. The highest BCUT2D eigenvalue weighted by atomic mass is 16.5. The maximum Gasteiger partial charge on any atom is 0.309 e. The zero-order chi connectivity index (χ0) is 20.1. The maximum absolute atomic E-state index is 11.9. The van der Waals surface area contributed by atoms with Crippen LogP contribution < -0.4 is 16.0 Å². The van der Waals surface area contributed by atoms with Gasteiger partial charge in [0.15, 0.2) is 17.4 Å². The minimum Gasteiger partial charge on any atom is -0.466 e. The zero-order valence-electron chi connectivity index (χ0n) is 16.1. The first-order valence-electron chi connectivity index (χ1n) is 9.39. The van der Waals surface area contributed by atoms with Gasteiger partial charge in [0.1, 0.15) is 12.0 Å². The summed E-state index contributed by atoms with van der Waals surface area (Å²) in [5.74, 6) is 0.973. The second-order valence-corrected chi connectivity index (χ2v) is 6.73. The van der Waals surface area contributed by atoms with Gasteiger partial charge in [-0.25, -0.2) is 9.97 Å². The molecule has 3 rings (SSSR count). The van der Waals surface area contributed by atoms with Gasteiger partial charge in [-0.1, -0.05) is 0 Å². The SMILES string of the molecule is CCOC(=O)C1CCN(c2ncnc(Nc3ccc(C(C)=O)cc3)c2N)CC1. The minimum atomic E-state index is -0.130. The third kappa shape index (κ3) is 4.39. The largest absolute Gasteiger partial charge is 0.466 e. The number of hydrogen-bond acceptors (Lipinski definition) is 8. The molecule has 0 unspecified atom stereocenters. The van der Waals surface area contributed by atoms with Crippen LogP contribution in [0.4, 0.5) is 23.0 Å². The van der Waals surface area contributed by atoms with E-state index in [2.05, 4.69) is 20.2 Å². The Hall–Kier alpha value is -3.16. The van der Waals surface area contributed by atoms with Crippen molar-refractivity contribution >= 4 is 34.8 Å². The van der Waals surface area contributed by atoms with E-state index in [9.17, 15) is 9.59 Å². The molecule has 1 fully saturated rings. The van der Waals surface area contributed by atoms with Crippen molar-refractivity contribution in [2.45, 2.75) is 26.7 Å². The molecule has 28 heavy (non-hydrogen) atoms. The quantitative estimate of drug-likeness (QED) is 0.579. The van der Waals surface area contributed by atoms with E-state index < -0.39 is 0 Å². The average Bonchev–Trinajstić information content (AvgIpc) is 2.70. The van der Waals surface area contributed by atoms with Crippen molar-refractivity contribution in [2.24, 2.45) is 5.92 Å². The Bertz CT molecular complexity index is 845. The molecule has 0 saturated carbocycles. The van der Waals surface area contributed by atoms with E-state index in [4.69, 9.17) is 10.5 Å². The van der Waals surface area contributed by atoms with Crippen LogP contribution in [0.15, 0.2) is 30.6 Å². The van der Waals surface area contributed by atoms with Crippen molar-refractivity contribution in [3.63, 3.8) is 0 Å². The molecule has 1 aromatic carbocycles. The lowest BCUT2D eigenvalue weighted by atomic mass is 9.97. The number of rotatable bonds is 6. The molecule has 2 aromatic rings. The minimum absolute atomic E-state index is 0.0154. The number of ketones is 1. The van der Waals surface area contributed by atoms with Crippen molar-refractivity contribution in [1.29, 1.82) is 0 Å². The molecule has 0 amide bonds. The molecule has 1 aromatic heterocycles. The third-order valence-electron chi connectivity index (χ3n) is 4.83. The van der Waals surface area contributed by atoms with E-state index in [1.165, 1.54) is 13.3 Å². The molecule has 0 spiro atoms. The summed E-state index contributed by atoms with van der Waals surface area (Å²) in [5.41, 5.74) is 8.18. The number of nitrogens with zero attached hydrogens (tertiary/aromatic N) is 3. The number of carbonyl (C=O) groups excluding carboxylic acids is 2. The van der Waals surface area contributed by atoms with Gasteiger partial charge in [-0.15, -0.1) is 0 Å². The van der Waals surface area contributed by atoms with Crippen LogP contribution in [0.25, 0.3) is 0 Å². The topological polar surface area (TPSA) is 110 Å². The summed E-state index contributed by atoms with van der Waals surface area (Å²) in [4.78, 5) is 33.9.